The first-order chi connectivity index (χ1) is 9.96. The third-order valence-corrected chi connectivity index (χ3v) is 4.11. The molecule has 0 amide bonds. The van der Waals surface area contributed by atoms with Crippen LogP contribution >= 0.6 is 31.9 Å². The van der Waals surface area contributed by atoms with Gasteiger partial charge in [0.15, 0.2) is 11.6 Å². The fourth-order valence-electron chi connectivity index (χ4n) is 1.76. The zero-order chi connectivity index (χ0) is 15.6. The molecule has 112 valence electrons. The predicted octanol–water partition coefficient (Wildman–Crippen LogP) is 4.69. The summed E-state index contributed by atoms with van der Waals surface area (Å²) in [5.41, 5.74) is 7.38. The summed E-state index contributed by atoms with van der Waals surface area (Å²) >= 11 is 6.84. The normalized spacial score (nSPS) is 10.3. The van der Waals surface area contributed by atoms with Crippen LogP contribution in [0.3, 0.4) is 0 Å². The van der Waals surface area contributed by atoms with Crippen LogP contribution in [0.15, 0.2) is 33.2 Å². The van der Waals surface area contributed by atoms with Gasteiger partial charge in [-0.05, 0) is 37.9 Å². The Balaban J connectivity index is 2.42. The number of halogens is 3. The molecule has 0 saturated heterocycles. The zero-order valence-electron chi connectivity index (χ0n) is 11.3. The number of nitrogens with one attached hydrogen (secondary N) is 1. The van der Waals surface area contributed by atoms with E-state index in [2.05, 4.69) is 37.2 Å². The number of ether oxygens (including phenoxy) is 2. The Morgan fingerprint density at radius 1 is 0.952 bits per heavy atom. The molecule has 0 bridgehead atoms. The molecule has 3 N–H and O–H groups in total. The topological polar surface area (TPSA) is 56.5 Å². The lowest BCUT2D eigenvalue weighted by atomic mass is 10.2. The fraction of sp³-hybridized carbons (Fsp3) is 0.143. The van der Waals surface area contributed by atoms with Gasteiger partial charge < -0.3 is 20.5 Å². The number of hydrogen-bond acceptors (Lipinski definition) is 4. The van der Waals surface area contributed by atoms with Crippen LogP contribution in [-0.4, -0.2) is 14.2 Å². The first-order valence-electron chi connectivity index (χ1n) is 5.89. The highest BCUT2D eigenvalue weighted by Crippen LogP contribution is 2.38. The first kappa shape index (κ1) is 15.9. The maximum absolute atomic E-state index is 13.6. The number of nitrogen functional groups attached to an aromatic ring is 1. The largest absolute Gasteiger partial charge is 0.495 e. The van der Waals surface area contributed by atoms with Crippen molar-refractivity contribution in [2.45, 2.75) is 0 Å². The molecule has 0 heterocycles. The third kappa shape index (κ3) is 3.41. The molecule has 21 heavy (non-hydrogen) atoms. The molecule has 0 aliphatic rings. The SMILES string of the molecule is COc1cc(Nc2cc(OC)c(Br)cc2Br)c(N)cc1F. The molecule has 7 heteroatoms. The van der Waals surface area contributed by atoms with Gasteiger partial charge in [-0.3, -0.25) is 0 Å². The Morgan fingerprint density at radius 3 is 2.19 bits per heavy atom. The molecule has 0 spiro atoms. The van der Waals surface area contributed by atoms with Crippen LogP contribution in [0.2, 0.25) is 0 Å². The number of benzene rings is 2. The van der Waals surface area contributed by atoms with E-state index in [9.17, 15) is 4.39 Å². The molecular weight excluding hydrogens is 407 g/mol. The second-order valence-corrected chi connectivity index (χ2v) is 5.87. The number of methoxy groups -OCH3 is 2. The van der Waals surface area contributed by atoms with Crippen molar-refractivity contribution in [3.05, 3.63) is 39.0 Å². The second kappa shape index (κ2) is 6.53. The molecule has 0 radical (unpaired) electrons. The monoisotopic (exact) mass is 418 g/mol. The molecule has 2 rings (SSSR count). The quantitative estimate of drug-likeness (QED) is 0.705. The first-order valence-corrected chi connectivity index (χ1v) is 7.48. The molecule has 2 aromatic rings. The van der Waals surface area contributed by atoms with Gasteiger partial charge in [0.2, 0.25) is 0 Å². The Hall–Kier alpha value is -1.47. The minimum absolute atomic E-state index is 0.117. The van der Waals surface area contributed by atoms with Crippen LogP contribution in [0.1, 0.15) is 0 Å². The van der Waals surface area contributed by atoms with Crippen molar-refractivity contribution in [1.82, 2.24) is 0 Å². The van der Waals surface area contributed by atoms with Crippen molar-refractivity contribution >= 4 is 48.9 Å². The van der Waals surface area contributed by atoms with E-state index in [1.165, 1.54) is 19.2 Å². The number of anilines is 3. The molecule has 0 saturated carbocycles. The van der Waals surface area contributed by atoms with Crippen LogP contribution in [0.4, 0.5) is 21.5 Å². The summed E-state index contributed by atoms with van der Waals surface area (Å²) in [4.78, 5) is 0. The van der Waals surface area contributed by atoms with Crippen molar-refractivity contribution in [1.29, 1.82) is 0 Å². The number of hydrogen-bond donors (Lipinski definition) is 2. The zero-order valence-corrected chi connectivity index (χ0v) is 14.5. The van der Waals surface area contributed by atoms with Gasteiger partial charge in [0.05, 0.1) is 35.8 Å². The number of nitrogens with two attached hydrogens (primary N) is 1. The van der Waals surface area contributed by atoms with Gasteiger partial charge in [-0.15, -0.1) is 0 Å². The van der Waals surface area contributed by atoms with E-state index >= 15 is 0 Å². The summed E-state index contributed by atoms with van der Waals surface area (Å²) in [5.74, 6) is 0.272. The van der Waals surface area contributed by atoms with E-state index in [0.29, 0.717) is 11.4 Å². The van der Waals surface area contributed by atoms with Crippen molar-refractivity contribution in [3.63, 3.8) is 0 Å². The molecule has 0 unspecified atom stereocenters. The molecule has 0 atom stereocenters. The summed E-state index contributed by atoms with van der Waals surface area (Å²) < 4.78 is 25.4. The van der Waals surface area contributed by atoms with Gasteiger partial charge in [-0.25, -0.2) is 4.39 Å². The smallest absolute Gasteiger partial charge is 0.167 e. The molecule has 2 aromatic carbocycles. The minimum atomic E-state index is -0.506. The lowest BCUT2D eigenvalue weighted by molar-refractivity contribution is 0.387. The predicted molar refractivity (Wildman–Crippen MR) is 89.0 cm³/mol. The lowest BCUT2D eigenvalue weighted by Crippen LogP contribution is -2.00. The van der Waals surface area contributed by atoms with E-state index in [4.69, 9.17) is 15.2 Å². The van der Waals surface area contributed by atoms with Gasteiger partial charge in [0, 0.05) is 22.7 Å². The van der Waals surface area contributed by atoms with Gasteiger partial charge in [-0.2, -0.15) is 0 Å². The molecular formula is C14H13Br2FN2O2. The Morgan fingerprint density at radius 2 is 1.57 bits per heavy atom. The maximum Gasteiger partial charge on any atom is 0.167 e. The van der Waals surface area contributed by atoms with Crippen LogP contribution < -0.4 is 20.5 Å². The Bertz CT molecular complexity index is 623. The Labute approximate surface area is 138 Å². The minimum Gasteiger partial charge on any atom is -0.495 e. The van der Waals surface area contributed by atoms with Gasteiger partial charge >= 0.3 is 0 Å². The molecule has 0 aliphatic heterocycles. The summed E-state index contributed by atoms with van der Waals surface area (Å²) in [7, 11) is 2.98. The fourth-order valence-corrected chi connectivity index (χ4v) is 3.01. The van der Waals surface area contributed by atoms with E-state index in [0.717, 1.165) is 14.6 Å². The van der Waals surface area contributed by atoms with Gasteiger partial charge in [0.1, 0.15) is 5.75 Å². The molecule has 4 nitrogen and oxygen atoms in total. The van der Waals surface area contributed by atoms with Crippen LogP contribution in [0, 0.1) is 5.82 Å². The molecule has 0 aliphatic carbocycles. The maximum atomic E-state index is 13.6. The average Bonchev–Trinajstić information content (AvgIpc) is 2.44. The van der Waals surface area contributed by atoms with Crippen molar-refractivity contribution < 1.29 is 13.9 Å². The van der Waals surface area contributed by atoms with E-state index in [1.807, 2.05) is 6.07 Å². The third-order valence-electron chi connectivity index (χ3n) is 2.83. The van der Waals surface area contributed by atoms with E-state index < -0.39 is 5.82 Å². The van der Waals surface area contributed by atoms with Crippen molar-refractivity contribution in [3.8, 4) is 11.5 Å². The molecule has 0 fully saturated rings. The van der Waals surface area contributed by atoms with Gasteiger partial charge in [0.25, 0.3) is 0 Å². The second-order valence-electron chi connectivity index (χ2n) is 4.17. The van der Waals surface area contributed by atoms with E-state index in [1.54, 1.807) is 13.2 Å². The van der Waals surface area contributed by atoms with Crippen LogP contribution in [0.5, 0.6) is 11.5 Å². The highest BCUT2D eigenvalue weighted by molar-refractivity contribution is 9.11. The highest BCUT2D eigenvalue weighted by atomic mass is 79.9. The standard InChI is InChI=1S/C14H13Br2FN2O2/c1-20-13-5-11(7(15)3-8(13)16)19-12-6-14(21-2)9(17)4-10(12)18/h3-6,19H,18H2,1-2H3. The molecule has 0 aromatic heterocycles. The summed E-state index contributed by atoms with van der Waals surface area (Å²) in [6.07, 6.45) is 0. The van der Waals surface area contributed by atoms with Crippen LogP contribution in [-0.2, 0) is 0 Å². The summed E-state index contributed by atoms with van der Waals surface area (Å²) in [5, 5.41) is 3.12. The number of rotatable bonds is 4. The van der Waals surface area contributed by atoms with Crippen molar-refractivity contribution in [2.75, 3.05) is 25.3 Å². The van der Waals surface area contributed by atoms with Gasteiger partial charge in [-0.1, -0.05) is 0 Å². The van der Waals surface area contributed by atoms with E-state index in [-0.39, 0.29) is 11.4 Å². The summed E-state index contributed by atoms with van der Waals surface area (Å²) in [6, 6.07) is 6.36. The highest BCUT2D eigenvalue weighted by Gasteiger charge is 2.12. The lowest BCUT2D eigenvalue weighted by Gasteiger charge is -2.14. The van der Waals surface area contributed by atoms with Crippen LogP contribution in [0.25, 0.3) is 0 Å². The average molecular weight is 420 g/mol. The summed E-state index contributed by atoms with van der Waals surface area (Å²) in [6.45, 7) is 0. The van der Waals surface area contributed by atoms with Crippen molar-refractivity contribution in [2.24, 2.45) is 0 Å². The Kier molecular flexibility index (Phi) is 4.95.